The van der Waals surface area contributed by atoms with E-state index in [9.17, 15) is 18.7 Å². The van der Waals surface area contributed by atoms with Crippen molar-refractivity contribution in [1.82, 2.24) is 10.6 Å². The topological polar surface area (TPSA) is 79.8 Å². The highest BCUT2D eigenvalue weighted by Crippen LogP contribution is 2.35. The molecule has 8 heteroatoms. The first-order valence-electron chi connectivity index (χ1n) is 10.8. The normalized spacial score (nSPS) is 17.3. The van der Waals surface area contributed by atoms with Gasteiger partial charge in [-0.1, -0.05) is 0 Å². The molecule has 0 saturated heterocycles. The van der Waals surface area contributed by atoms with Gasteiger partial charge in [0.1, 0.15) is 23.1 Å². The first-order chi connectivity index (χ1) is 15.2. The highest BCUT2D eigenvalue weighted by Gasteiger charge is 2.26. The van der Waals surface area contributed by atoms with Crippen LogP contribution < -0.4 is 20.1 Å². The van der Waals surface area contributed by atoms with E-state index >= 15 is 0 Å². The second kappa shape index (κ2) is 10.7. The summed E-state index contributed by atoms with van der Waals surface area (Å²) in [5.74, 6) is -0.244. The monoisotopic (exact) mass is 448 g/mol. The fraction of sp³-hybridized carbons (Fsp3) is 0.458. The molecule has 1 heterocycles. The molecule has 2 aromatic rings. The molecule has 1 aliphatic rings. The van der Waals surface area contributed by atoms with Gasteiger partial charge in [-0.05, 0) is 56.2 Å². The Kier molecular flexibility index (Phi) is 8.04. The van der Waals surface area contributed by atoms with Gasteiger partial charge in [-0.2, -0.15) is 0 Å². The Hall–Kier alpha value is -2.71. The number of amides is 1. The second-order valence-electron chi connectivity index (χ2n) is 8.32. The third-order valence-corrected chi connectivity index (χ3v) is 5.20. The molecule has 1 amide bonds. The van der Waals surface area contributed by atoms with Gasteiger partial charge in [0.2, 0.25) is 5.91 Å². The summed E-state index contributed by atoms with van der Waals surface area (Å²) in [7, 11) is 0. The van der Waals surface area contributed by atoms with Gasteiger partial charge in [0.05, 0.1) is 24.9 Å². The van der Waals surface area contributed by atoms with Crippen LogP contribution in [0, 0.1) is 11.6 Å². The van der Waals surface area contributed by atoms with Crippen molar-refractivity contribution in [2.45, 2.75) is 57.9 Å². The number of ether oxygens (including phenoxy) is 2. The molecule has 3 rings (SSSR count). The Labute approximate surface area is 186 Å². The van der Waals surface area contributed by atoms with Crippen LogP contribution in [0.4, 0.5) is 8.78 Å². The highest BCUT2D eigenvalue weighted by atomic mass is 19.1. The molecule has 0 fully saturated rings. The smallest absolute Gasteiger partial charge is 0.217 e. The van der Waals surface area contributed by atoms with Crippen molar-refractivity contribution >= 4 is 5.91 Å². The number of rotatable bonds is 9. The van der Waals surface area contributed by atoms with E-state index in [0.717, 1.165) is 23.1 Å². The zero-order valence-corrected chi connectivity index (χ0v) is 18.5. The number of aliphatic hydroxyl groups is 1. The Morgan fingerprint density at radius 2 is 1.94 bits per heavy atom. The lowest BCUT2D eigenvalue weighted by Gasteiger charge is -2.30. The summed E-state index contributed by atoms with van der Waals surface area (Å²) in [4.78, 5) is 11.7. The maximum Gasteiger partial charge on any atom is 0.217 e. The molecule has 1 aliphatic heterocycles. The zero-order valence-electron chi connectivity index (χ0n) is 18.5. The molecule has 3 N–H and O–H groups in total. The van der Waals surface area contributed by atoms with Crippen molar-refractivity contribution in [3.05, 3.63) is 59.2 Å². The second-order valence-corrected chi connectivity index (χ2v) is 8.32. The van der Waals surface area contributed by atoms with E-state index in [1.165, 1.54) is 19.1 Å². The van der Waals surface area contributed by atoms with Gasteiger partial charge in [0.15, 0.2) is 0 Å². The molecule has 0 saturated carbocycles. The van der Waals surface area contributed by atoms with Crippen molar-refractivity contribution in [3.63, 3.8) is 0 Å². The number of carbonyl (C=O) groups excluding carboxylic acids is 1. The number of carbonyl (C=O) groups is 1. The number of fused-ring (bicyclic) bond motifs is 1. The van der Waals surface area contributed by atoms with Crippen molar-refractivity contribution in [2.75, 3.05) is 13.2 Å². The molecule has 2 aromatic carbocycles. The molecule has 174 valence electrons. The maximum atomic E-state index is 13.6. The molecule has 32 heavy (non-hydrogen) atoms. The Bertz CT molecular complexity index is 918. The van der Waals surface area contributed by atoms with E-state index in [-0.39, 0.29) is 31.0 Å². The Morgan fingerprint density at radius 1 is 1.22 bits per heavy atom. The Balaban J connectivity index is 1.69. The summed E-state index contributed by atoms with van der Waals surface area (Å²) in [6.45, 7) is 5.94. The average molecular weight is 449 g/mol. The predicted molar refractivity (Wildman–Crippen MR) is 117 cm³/mol. The van der Waals surface area contributed by atoms with E-state index < -0.39 is 23.8 Å². The van der Waals surface area contributed by atoms with E-state index in [1.54, 1.807) is 0 Å². The summed E-state index contributed by atoms with van der Waals surface area (Å²) >= 11 is 0. The Morgan fingerprint density at radius 3 is 2.59 bits per heavy atom. The fourth-order valence-electron chi connectivity index (χ4n) is 3.86. The van der Waals surface area contributed by atoms with E-state index in [0.29, 0.717) is 18.6 Å². The van der Waals surface area contributed by atoms with E-state index in [4.69, 9.17) is 9.47 Å². The largest absolute Gasteiger partial charge is 0.493 e. The van der Waals surface area contributed by atoms with Gasteiger partial charge in [-0.15, -0.1) is 0 Å². The first kappa shape index (κ1) is 23.9. The summed E-state index contributed by atoms with van der Waals surface area (Å²) in [5.41, 5.74) is 1.29. The molecule has 0 spiro atoms. The van der Waals surface area contributed by atoms with Crippen LogP contribution in [-0.2, 0) is 11.2 Å². The third-order valence-electron chi connectivity index (χ3n) is 5.20. The van der Waals surface area contributed by atoms with Crippen LogP contribution in [0.1, 0.15) is 44.4 Å². The molecule has 3 atom stereocenters. The van der Waals surface area contributed by atoms with Crippen molar-refractivity contribution < 1.29 is 28.2 Å². The standard InChI is InChI=1S/C24H30F2N2O4/c1-14(2)32-19-4-5-24-20(12-19)21(6-7-31-24)27-13-23(30)22(28-15(3)29)10-16-8-17(25)11-18(26)9-16/h4-5,8-9,11-12,14,21-23,27,30H,6-7,10,13H2,1-3H3,(H,28,29)/t21-,22-,23-/m0/s1. The van der Waals surface area contributed by atoms with Gasteiger partial charge in [0, 0.05) is 37.6 Å². The van der Waals surface area contributed by atoms with Gasteiger partial charge >= 0.3 is 0 Å². The van der Waals surface area contributed by atoms with E-state index in [2.05, 4.69) is 10.6 Å². The van der Waals surface area contributed by atoms with Gasteiger partial charge in [-0.3, -0.25) is 4.79 Å². The zero-order chi connectivity index (χ0) is 23.3. The minimum absolute atomic E-state index is 0.0388. The molecule has 0 aliphatic carbocycles. The minimum Gasteiger partial charge on any atom is -0.493 e. The van der Waals surface area contributed by atoms with Crippen LogP contribution >= 0.6 is 0 Å². The minimum atomic E-state index is -0.980. The lowest BCUT2D eigenvalue weighted by atomic mass is 9.98. The van der Waals surface area contributed by atoms with Crippen LogP contribution in [0.2, 0.25) is 0 Å². The number of hydrogen-bond acceptors (Lipinski definition) is 5. The number of nitrogens with one attached hydrogen (secondary N) is 2. The number of aliphatic hydroxyl groups excluding tert-OH is 1. The van der Waals surface area contributed by atoms with Crippen LogP contribution in [0.25, 0.3) is 0 Å². The summed E-state index contributed by atoms with van der Waals surface area (Å²) in [5, 5.41) is 16.8. The maximum absolute atomic E-state index is 13.6. The first-order valence-corrected chi connectivity index (χ1v) is 10.8. The number of hydrogen-bond donors (Lipinski definition) is 3. The number of halogens is 2. The highest BCUT2D eigenvalue weighted by molar-refractivity contribution is 5.73. The van der Waals surface area contributed by atoms with Gasteiger partial charge in [0.25, 0.3) is 0 Å². The lowest BCUT2D eigenvalue weighted by molar-refractivity contribution is -0.120. The quantitative estimate of drug-likeness (QED) is 0.549. The molecule has 0 aromatic heterocycles. The summed E-state index contributed by atoms with van der Waals surface area (Å²) in [6.07, 6.45) is -0.151. The summed E-state index contributed by atoms with van der Waals surface area (Å²) in [6, 6.07) is 8.06. The van der Waals surface area contributed by atoms with Crippen LogP contribution in [0.15, 0.2) is 36.4 Å². The SMILES string of the molecule is CC(=O)N[C@@H](Cc1cc(F)cc(F)c1)[C@@H](O)CN[C@H]1CCOc2ccc(OC(C)C)cc21. The summed E-state index contributed by atoms with van der Waals surface area (Å²) < 4.78 is 38.6. The predicted octanol–water partition coefficient (Wildman–Crippen LogP) is 3.27. The van der Waals surface area contributed by atoms with Crippen molar-refractivity contribution in [2.24, 2.45) is 0 Å². The van der Waals surface area contributed by atoms with Gasteiger partial charge < -0.3 is 25.2 Å². The van der Waals surface area contributed by atoms with Crippen molar-refractivity contribution in [1.29, 1.82) is 0 Å². The molecule has 0 radical (unpaired) electrons. The van der Waals surface area contributed by atoms with Crippen LogP contribution in [-0.4, -0.2) is 42.4 Å². The lowest BCUT2D eigenvalue weighted by Crippen LogP contribution is -2.48. The molecule has 6 nitrogen and oxygen atoms in total. The van der Waals surface area contributed by atoms with Gasteiger partial charge in [-0.25, -0.2) is 8.78 Å². The van der Waals surface area contributed by atoms with Crippen molar-refractivity contribution in [3.8, 4) is 11.5 Å². The average Bonchev–Trinajstić information content (AvgIpc) is 2.70. The van der Waals surface area contributed by atoms with Crippen LogP contribution in [0.5, 0.6) is 11.5 Å². The number of benzene rings is 2. The molecular formula is C24H30F2N2O4. The molecule has 0 bridgehead atoms. The van der Waals surface area contributed by atoms with E-state index in [1.807, 2.05) is 32.0 Å². The third kappa shape index (κ3) is 6.64. The fourth-order valence-corrected chi connectivity index (χ4v) is 3.86. The molecule has 0 unspecified atom stereocenters. The molecular weight excluding hydrogens is 418 g/mol. The van der Waals surface area contributed by atoms with Crippen LogP contribution in [0.3, 0.4) is 0 Å².